The van der Waals surface area contributed by atoms with Gasteiger partial charge in [0.1, 0.15) is 5.75 Å². The number of aromatic nitrogens is 2. The molecule has 0 unspecified atom stereocenters. The molecule has 3 aromatic rings. The van der Waals surface area contributed by atoms with Crippen LogP contribution in [-0.2, 0) is 0 Å². The molecule has 0 aliphatic carbocycles. The zero-order valence-corrected chi connectivity index (χ0v) is 14.1. The van der Waals surface area contributed by atoms with E-state index in [9.17, 15) is 5.21 Å². The number of aliphatic imine (C=N–C) groups is 1. The van der Waals surface area contributed by atoms with Gasteiger partial charge in [0.2, 0.25) is 12.5 Å². The first kappa shape index (κ1) is 15.9. The van der Waals surface area contributed by atoms with E-state index in [0.29, 0.717) is 44.8 Å². The summed E-state index contributed by atoms with van der Waals surface area (Å²) >= 11 is 0. The summed E-state index contributed by atoms with van der Waals surface area (Å²) in [6.07, 6.45) is 1.68. The minimum atomic E-state index is 0.133. The minimum absolute atomic E-state index is 0.133. The number of hydrogen-bond donors (Lipinski definition) is 0. The molecule has 26 heavy (non-hydrogen) atoms. The number of fused-ring (bicyclic) bond motifs is 1. The molecule has 0 saturated carbocycles. The Labute approximate surface area is 148 Å². The summed E-state index contributed by atoms with van der Waals surface area (Å²) < 4.78 is 20.9. The average Bonchev–Trinajstić information content (AvgIpc) is 3.25. The van der Waals surface area contributed by atoms with Gasteiger partial charge in [-0.25, -0.2) is 0 Å². The van der Waals surface area contributed by atoms with Crippen LogP contribution in [0.1, 0.15) is 11.3 Å². The summed E-state index contributed by atoms with van der Waals surface area (Å²) in [4.78, 5) is 4.91. The van der Waals surface area contributed by atoms with Crippen molar-refractivity contribution in [2.45, 2.75) is 6.92 Å². The topological polar surface area (TPSA) is 93.0 Å². The van der Waals surface area contributed by atoms with Crippen LogP contribution in [-0.4, -0.2) is 25.3 Å². The Bertz CT molecular complexity index is 996. The van der Waals surface area contributed by atoms with E-state index in [1.54, 1.807) is 32.4 Å². The van der Waals surface area contributed by atoms with Gasteiger partial charge in [-0.15, -0.1) is 0 Å². The van der Waals surface area contributed by atoms with Crippen molar-refractivity contribution in [2.24, 2.45) is 4.99 Å². The summed E-state index contributed by atoms with van der Waals surface area (Å²) in [5.41, 5.74) is 2.71. The monoisotopic (exact) mass is 353 g/mol. The highest BCUT2D eigenvalue weighted by molar-refractivity contribution is 5.88. The molecule has 8 nitrogen and oxygen atoms in total. The molecule has 2 heterocycles. The lowest BCUT2D eigenvalue weighted by Gasteiger charge is -2.05. The quantitative estimate of drug-likeness (QED) is 0.529. The van der Waals surface area contributed by atoms with E-state index in [2.05, 4.69) is 10.1 Å². The van der Waals surface area contributed by atoms with Crippen LogP contribution in [0.2, 0.25) is 0 Å². The van der Waals surface area contributed by atoms with Crippen molar-refractivity contribution in [1.82, 2.24) is 5.16 Å². The number of rotatable bonds is 4. The molecule has 1 aromatic heterocycles. The number of ether oxygens (including phenoxy) is 3. The lowest BCUT2D eigenvalue weighted by molar-refractivity contribution is -0.806. The molecule has 0 amide bonds. The summed E-state index contributed by atoms with van der Waals surface area (Å²) in [6.45, 7) is 1.75. The lowest BCUT2D eigenvalue weighted by Crippen LogP contribution is -2.25. The third-order valence-electron chi connectivity index (χ3n) is 4.05. The molecule has 132 valence electrons. The van der Waals surface area contributed by atoms with E-state index in [1.807, 2.05) is 24.3 Å². The standard InChI is InChI=1S/C18H15N3O5/c1-11-18(20-26-21(11)22)13-7-16-17(25-10-24-16)8-14(13)19-9-12-5-3-4-6-15(12)23-2/h3-9H,10H2,1-2H3. The average molecular weight is 353 g/mol. The number of methoxy groups -OCH3 is 1. The Hall–Kier alpha value is -3.55. The molecule has 0 saturated heterocycles. The van der Waals surface area contributed by atoms with Crippen molar-refractivity contribution in [3.63, 3.8) is 0 Å². The van der Waals surface area contributed by atoms with Crippen molar-refractivity contribution in [2.75, 3.05) is 13.9 Å². The van der Waals surface area contributed by atoms with Gasteiger partial charge in [0.25, 0.3) is 5.69 Å². The molecule has 1 aliphatic heterocycles. The predicted octanol–water partition coefficient (Wildman–Crippen LogP) is 2.77. The van der Waals surface area contributed by atoms with Crippen molar-refractivity contribution < 1.29 is 23.7 Å². The second-order valence-corrected chi connectivity index (χ2v) is 5.59. The Morgan fingerprint density at radius 3 is 2.73 bits per heavy atom. The number of nitrogens with zero attached hydrogens (tertiary/aromatic N) is 3. The molecular weight excluding hydrogens is 338 g/mol. The van der Waals surface area contributed by atoms with Gasteiger partial charge in [-0.1, -0.05) is 12.1 Å². The summed E-state index contributed by atoms with van der Waals surface area (Å²) in [6, 6.07) is 11.0. The van der Waals surface area contributed by atoms with Crippen LogP contribution in [0.25, 0.3) is 11.3 Å². The van der Waals surface area contributed by atoms with Gasteiger partial charge < -0.3 is 19.4 Å². The number of benzene rings is 2. The second kappa shape index (κ2) is 6.40. The molecule has 4 rings (SSSR count). The highest BCUT2D eigenvalue weighted by Gasteiger charge is 2.24. The Balaban J connectivity index is 1.82. The maximum atomic E-state index is 11.6. The van der Waals surface area contributed by atoms with Gasteiger partial charge in [0, 0.05) is 29.9 Å². The summed E-state index contributed by atoms with van der Waals surface area (Å²) in [7, 11) is 1.60. The van der Waals surface area contributed by atoms with E-state index in [-0.39, 0.29) is 6.79 Å². The molecule has 8 heteroatoms. The molecule has 0 N–H and O–H groups in total. The Morgan fingerprint density at radius 2 is 2.00 bits per heavy atom. The van der Waals surface area contributed by atoms with E-state index in [1.165, 1.54) is 0 Å². The molecule has 0 atom stereocenters. The van der Waals surface area contributed by atoms with E-state index < -0.39 is 0 Å². The zero-order valence-electron chi connectivity index (χ0n) is 14.1. The third-order valence-corrected chi connectivity index (χ3v) is 4.05. The van der Waals surface area contributed by atoms with Crippen molar-refractivity contribution in [3.05, 3.63) is 52.9 Å². The normalized spacial score (nSPS) is 12.7. The van der Waals surface area contributed by atoms with Gasteiger partial charge in [-0.3, -0.25) is 9.62 Å². The highest BCUT2D eigenvalue weighted by Crippen LogP contribution is 2.42. The summed E-state index contributed by atoms with van der Waals surface area (Å²) in [5.74, 6) is 1.85. The molecule has 1 aliphatic rings. The molecule has 0 bridgehead atoms. The molecular formula is C18H15N3O5. The van der Waals surface area contributed by atoms with Crippen LogP contribution in [0.5, 0.6) is 17.2 Å². The SMILES string of the molecule is COc1ccccc1C=Nc1cc2c(cc1-c1no[n+]([O-])c1C)OCO2. The predicted molar refractivity (Wildman–Crippen MR) is 92.0 cm³/mol. The van der Waals surface area contributed by atoms with E-state index in [0.717, 1.165) is 5.56 Å². The second-order valence-electron chi connectivity index (χ2n) is 5.59. The fraction of sp³-hybridized carbons (Fsp3) is 0.167. The minimum Gasteiger partial charge on any atom is -0.496 e. The van der Waals surface area contributed by atoms with Gasteiger partial charge >= 0.3 is 0 Å². The molecule has 2 aromatic carbocycles. The molecule has 0 spiro atoms. The number of hydrogen-bond acceptors (Lipinski definition) is 7. The smallest absolute Gasteiger partial charge is 0.253 e. The first-order valence-electron chi connectivity index (χ1n) is 7.85. The van der Waals surface area contributed by atoms with Gasteiger partial charge in [-0.05, 0) is 23.1 Å². The first-order chi connectivity index (χ1) is 12.7. The van der Waals surface area contributed by atoms with E-state index in [4.69, 9.17) is 18.8 Å². The van der Waals surface area contributed by atoms with Crippen LogP contribution in [0.3, 0.4) is 0 Å². The maximum absolute atomic E-state index is 11.6. The van der Waals surface area contributed by atoms with Crippen LogP contribution in [0.15, 0.2) is 46.0 Å². The Kier molecular flexibility index (Phi) is 3.92. The zero-order chi connectivity index (χ0) is 18.1. The number of para-hydroxylation sites is 1. The lowest BCUT2D eigenvalue weighted by atomic mass is 10.1. The first-order valence-corrected chi connectivity index (χ1v) is 7.85. The van der Waals surface area contributed by atoms with Gasteiger partial charge in [0.15, 0.2) is 11.5 Å². The van der Waals surface area contributed by atoms with Crippen LogP contribution < -0.4 is 19.1 Å². The third kappa shape index (κ3) is 2.71. The van der Waals surface area contributed by atoms with E-state index >= 15 is 0 Å². The van der Waals surface area contributed by atoms with Crippen molar-refractivity contribution in [3.8, 4) is 28.5 Å². The largest absolute Gasteiger partial charge is 0.496 e. The van der Waals surface area contributed by atoms with Crippen molar-refractivity contribution >= 4 is 11.9 Å². The maximum Gasteiger partial charge on any atom is 0.253 e. The van der Waals surface area contributed by atoms with Gasteiger partial charge in [0.05, 0.1) is 18.4 Å². The fourth-order valence-electron chi connectivity index (χ4n) is 2.68. The highest BCUT2D eigenvalue weighted by atomic mass is 16.8. The fourth-order valence-corrected chi connectivity index (χ4v) is 2.68. The van der Waals surface area contributed by atoms with Crippen molar-refractivity contribution in [1.29, 1.82) is 0 Å². The summed E-state index contributed by atoms with van der Waals surface area (Å²) in [5, 5.41) is 15.4. The molecule has 0 fully saturated rings. The van der Waals surface area contributed by atoms with Crippen LogP contribution in [0.4, 0.5) is 5.69 Å². The van der Waals surface area contributed by atoms with Crippen LogP contribution in [0, 0.1) is 12.1 Å². The van der Waals surface area contributed by atoms with Crippen LogP contribution >= 0.6 is 0 Å². The Morgan fingerprint density at radius 1 is 1.23 bits per heavy atom. The van der Waals surface area contributed by atoms with Gasteiger partial charge in [-0.2, -0.15) is 0 Å². The molecule has 0 radical (unpaired) electrons.